The van der Waals surface area contributed by atoms with Gasteiger partial charge >= 0.3 is 0 Å². The zero-order chi connectivity index (χ0) is 17.9. The number of para-hydroxylation sites is 1. The third kappa shape index (κ3) is 4.19. The standard InChI is InChI=1S/C17H22FN3O3S/c1-20-11-8-19-17(20)14-6-9-21(10-7-14)25(22,23)13-12-24-16-5-3-2-4-15(16)18/h2-5,8,11,14H,6-7,9-10,12-13H2,1H3. The number of hydrogen-bond donors (Lipinski definition) is 0. The molecule has 0 aliphatic carbocycles. The second-order valence-electron chi connectivity index (χ2n) is 6.16. The second kappa shape index (κ2) is 7.53. The van der Waals surface area contributed by atoms with Crippen LogP contribution in [0.1, 0.15) is 24.6 Å². The van der Waals surface area contributed by atoms with Crippen LogP contribution in [-0.4, -0.2) is 47.7 Å². The van der Waals surface area contributed by atoms with Crippen LogP contribution in [0.4, 0.5) is 4.39 Å². The summed E-state index contributed by atoms with van der Waals surface area (Å²) in [5.41, 5.74) is 0. The van der Waals surface area contributed by atoms with Crippen molar-refractivity contribution in [3.05, 3.63) is 48.3 Å². The van der Waals surface area contributed by atoms with Crippen LogP contribution in [-0.2, 0) is 17.1 Å². The number of imidazole rings is 1. The Morgan fingerprint density at radius 1 is 1.28 bits per heavy atom. The van der Waals surface area contributed by atoms with E-state index in [1.807, 2.05) is 17.8 Å². The molecule has 2 aromatic rings. The van der Waals surface area contributed by atoms with Gasteiger partial charge in [-0.05, 0) is 25.0 Å². The number of halogens is 1. The highest BCUT2D eigenvalue weighted by Crippen LogP contribution is 2.27. The summed E-state index contributed by atoms with van der Waals surface area (Å²) in [4.78, 5) is 4.36. The van der Waals surface area contributed by atoms with Gasteiger partial charge in [0, 0.05) is 38.4 Å². The summed E-state index contributed by atoms with van der Waals surface area (Å²) in [7, 11) is -1.46. The maximum atomic E-state index is 13.5. The van der Waals surface area contributed by atoms with Crippen molar-refractivity contribution in [3.8, 4) is 5.75 Å². The van der Waals surface area contributed by atoms with Crippen LogP contribution in [0.2, 0.25) is 0 Å². The lowest BCUT2D eigenvalue weighted by molar-refractivity contribution is 0.297. The lowest BCUT2D eigenvalue weighted by atomic mass is 9.97. The summed E-state index contributed by atoms with van der Waals surface area (Å²) in [5.74, 6) is 0.706. The van der Waals surface area contributed by atoms with Crippen LogP contribution in [0.5, 0.6) is 5.75 Å². The number of aromatic nitrogens is 2. The SMILES string of the molecule is Cn1ccnc1C1CCN(S(=O)(=O)CCOc2ccccc2F)CC1. The molecule has 1 aromatic carbocycles. The molecule has 0 atom stereocenters. The molecular formula is C17H22FN3O3S. The van der Waals surface area contributed by atoms with Gasteiger partial charge in [-0.2, -0.15) is 0 Å². The Balaban J connectivity index is 1.52. The monoisotopic (exact) mass is 367 g/mol. The molecule has 25 heavy (non-hydrogen) atoms. The predicted octanol–water partition coefficient (Wildman–Crippen LogP) is 2.15. The van der Waals surface area contributed by atoms with Gasteiger partial charge in [-0.25, -0.2) is 22.1 Å². The van der Waals surface area contributed by atoms with Crippen LogP contribution in [0.25, 0.3) is 0 Å². The van der Waals surface area contributed by atoms with E-state index in [1.54, 1.807) is 18.3 Å². The molecule has 1 fully saturated rings. The first kappa shape index (κ1) is 17.9. The van der Waals surface area contributed by atoms with Crippen molar-refractivity contribution < 1.29 is 17.5 Å². The molecule has 0 saturated carbocycles. The largest absolute Gasteiger partial charge is 0.489 e. The molecule has 6 nitrogen and oxygen atoms in total. The molecular weight excluding hydrogens is 345 g/mol. The minimum Gasteiger partial charge on any atom is -0.489 e. The molecule has 0 bridgehead atoms. The Morgan fingerprint density at radius 2 is 2.00 bits per heavy atom. The van der Waals surface area contributed by atoms with Gasteiger partial charge in [-0.3, -0.25) is 0 Å². The third-order valence-corrected chi connectivity index (χ3v) is 6.34. The Hall–Kier alpha value is -1.93. The molecule has 1 aromatic heterocycles. The number of benzene rings is 1. The van der Waals surface area contributed by atoms with E-state index in [2.05, 4.69) is 4.98 Å². The lowest BCUT2D eigenvalue weighted by Crippen LogP contribution is -2.40. The van der Waals surface area contributed by atoms with E-state index in [4.69, 9.17) is 4.74 Å². The highest BCUT2D eigenvalue weighted by Gasteiger charge is 2.30. The fourth-order valence-electron chi connectivity index (χ4n) is 3.11. The fraction of sp³-hybridized carbons (Fsp3) is 0.471. The minimum absolute atomic E-state index is 0.0669. The number of rotatable bonds is 6. The molecule has 0 unspecified atom stereocenters. The zero-order valence-corrected chi connectivity index (χ0v) is 15.0. The summed E-state index contributed by atoms with van der Waals surface area (Å²) in [5, 5.41) is 0. The first-order valence-corrected chi connectivity index (χ1v) is 9.90. The molecule has 8 heteroatoms. The van der Waals surface area contributed by atoms with Crippen LogP contribution in [0.15, 0.2) is 36.7 Å². The van der Waals surface area contributed by atoms with Crippen molar-refractivity contribution >= 4 is 10.0 Å². The van der Waals surface area contributed by atoms with Crippen molar-refractivity contribution in [1.29, 1.82) is 0 Å². The Labute approximate surface area is 147 Å². The number of piperidine rings is 1. The van der Waals surface area contributed by atoms with Crippen LogP contribution in [0, 0.1) is 5.82 Å². The van der Waals surface area contributed by atoms with Crippen molar-refractivity contribution in [2.75, 3.05) is 25.4 Å². The molecule has 1 saturated heterocycles. The fourth-order valence-corrected chi connectivity index (χ4v) is 4.43. The average Bonchev–Trinajstić information content (AvgIpc) is 3.03. The van der Waals surface area contributed by atoms with Crippen LogP contribution >= 0.6 is 0 Å². The van der Waals surface area contributed by atoms with Gasteiger partial charge in [-0.1, -0.05) is 12.1 Å². The quantitative estimate of drug-likeness (QED) is 0.785. The summed E-state index contributed by atoms with van der Waals surface area (Å²) in [6, 6.07) is 5.98. The van der Waals surface area contributed by atoms with Crippen molar-refractivity contribution in [3.63, 3.8) is 0 Å². The van der Waals surface area contributed by atoms with Gasteiger partial charge in [0.05, 0.1) is 5.75 Å². The molecule has 136 valence electrons. The van der Waals surface area contributed by atoms with E-state index in [0.29, 0.717) is 13.1 Å². The van der Waals surface area contributed by atoms with Gasteiger partial charge in [0.2, 0.25) is 10.0 Å². The maximum Gasteiger partial charge on any atom is 0.217 e. The van der Waals surface area contributed by atoms with E-state index >= 15 is 0 Å². The van der Waals surface area contributed by atoms with E-state index in [0.717, 1.165) is 18.7 Å². The van der Waals surface area contributed by atoms with Crippen LogP contribution in [0.3, 0.4) is 0 Å². The van der Waals surface area contributed by atoms with Gasteiger partial charge in [-0.15, -0.1) is 0 Å². The Morgan fingerprint density at radius 3 is 2.64 bits per heavy atom. The Kier molecular flexibility index (Phi) is 5.39. The first-order valence-electron chi connectivity index (χ1n) is 8.30. The van der Waals surface area contributed by atoms with Crippen LogP contribution < -0.4 is 4.74 Å². The molecule has 0 N–H and O–H groups in total. The summed E-state index contributed by atoms with van der Waals surface area (Å²) < 4.78 is 47.1. The number of sulfonamides is 1. The van der Waals surface area contributed by atoms with Gasteiger partial charge < -0.3 is 9.30 Å². The Bertz CT molecular complexity index is 814. The van der Waals surface area contributed by atoms with Gasteiger partial charge in [0.25, 0.3) is 0 Å². The second-order valence-corrected chi connectivity index (χ2v) is 8.25. The van der Waals surface area contributed by atoms with E-state index in [9.17, 15) is 12.8 Å². The maximum absolute atomic E-state index is 13.5. The topological polar surface area (TPSA) is 64.4 Å². The molecule has 0 amide bonds. The summed E-state index contributed by atoms with van der Waals surface area (Å²) in [6.07, 6.45) is 5.16. The number of nitrogens with zero attached hydrogens (tertiary/aromatic N) is 3. The molecule has 1 aliphatic rings. The molecule has 1 aliphatic heterocycles. The smallest absolute Gasteiger partial charge is 0.217 e. The molecule has 3 rings (SSSR count). The summed E-state index contributed by atoms with van der Waals surface area (Å²) in [6.45, 7) is 0.877. The van der Waals surface area contributed by atoms with Gasteiger partial charge in [0.1, 0.15) is 12.4 Å². The molecule has 0 radical (unpaired) electrons. The highest BCUT2D eigenvalue weighted by molar-refractivity contribution is 7.89. The first-order chi connectivity index (χ1) is 12.0. The van der Waals surface area contributed by atoms with Crippen molar-refractivity contribution in [1.82, 2.24) is 13.9 Å². The van der Waals surface area contributed by atoms with Crippen molar-refractivity contribution in [2.45, 2.75) is 18.8 Å². The zero-order valence-electron chi connectivity index (χ0n) is 14.1. The van der Waals surface area contributed by atoms with E-state index in [1.165, 1.54) is 16.4 Å². The minimum atomic E-state index is -3.41. The van der Waals surface area contributed by atoms with Crippen molar-refractivity contribution in [2.24, 2.45) is 7.05 Å². The predicted molar refractivity (Wildman–Crippen MR) is 92.4 cm³/mol. The van der Waals surface area contributed by atoms with E-state index in [-0.39, 0.29) is 24.0 Å². The summed E-state index contributed by atoms with van der Waals surface area (Å²) >= 11 is 0. The number of ether oxygens (including phenoxy) is 1. The lowest BCUT2D eigenvalue weighted by Gasteiger charge is -2.30. The average molecular weight is 367 g/mol. The highest BCUT2D eigenvalue weighted by atomic mass is 32.2. The number of hydrogen-bond acceptors (Lipinski definition) is 4. The molecule has 2 heterocycles. The number of aryl methyl sites for hydroxylation is 1. The molecule has 0 spiro atoms. The van der Waals surface area contributed by atoms with Gasteiger partial charge in [0.15, 0.2) is 11.6 Å². The third-order valence-electron chi connectivity index (χ3n) is 4.51. The van der Waals surface area contributed by atoms with E-state index < -0.39 is 15.8 Å². The normalized spacial score (nSPS) is 16.9.